The standard InChI is InChI=1S/C40H28N4O4/c41-21-27-1-15-39-31(17-27)23-43(25-45-39)33-5-11-35(12-6-33)47-37-9-3-29-4-10-38(20-30(29)19-37)48-36-13-7-34(8-14-36)44-24-32-18-28(22-42)2-16-40(32)46-26-44/h1-20H,23-26H2. The first-order valence-corrected chi connectivity index (χ1v) is 15.5. The average molecular weight is 629 g/mol. The lowest BCUT2D eigenvalue weighted by atomic mass is 10.1. The van der Waals surface area contributed by atoms with Crippen LogP contribution in [-0.2, 0) is 13.1 Å². The predicted molar refractivity (Wildman–Crippen MR) is 183 cm³/mol. The molecular weight excluding hydrogens is 600 g/mol. The fourth-order valence-electron chi connectivity index (χ4n) is 6.01. The molecule has 2 aliphatic heterocycles. The molecule has 232 valence electrons. The Hall–Kier alpha value is -6.64. The number of fused-ring (bicyclic) bond motifs is 3. The summed E-state index contributed by atoms with van der Waals surface area (Å²) in [6.45, 7) is 2.20. The maximum Gasteiger partial charge on any atom is 0.161 e. The minimum atomic E-state index is 0.436. The lowest BCUT2D eigenvalue weighted by Gasteiger charge is -2.30. The van der Waals surface area contributed by atoms with Crippen LogP contribution in [0.1, 0.15) is 22.3 Å². The summed E-state index contributed by atoms with van der Waals surface area (Å²) >= 11 is 0. The van der Waals surface area contributed by atoms with Gasteiger partial charge < -0.3 is 28.7 Å². The summed E-state index contributed by atoms with van der Waals surface area (Å²) in [6, 6.07) is 43.3. The number of hydrogen-bond donors (Lipinski definition) is 0. The molecule has 0 unspecified atom stereocenters. The second kappa shape index (κ2) is 12.3. The van der Waals surface area contributed by atoms with Crippen molar-refractivity contribution in [3.63, 3.8) is 0 Å². The second-order valence-electron chi connectivity index (χ2n) is 11.7. The van der Waals surface area contributed by atoms with Crippen molar-refractivity contribution in [2.24, 2.45) is 0 Å². The molecule has 0 fully saturated rings. The van der Waals surface area contributed by atoms with Crippen LogP contribution >= 0.6 is 0 Å². The molecule has 6 aromatic rings. The average Bonchev–Trinajstić information content (AvgIpc) is 3.14. The summed E-state index contributed by atoms with van der Waals surface area (Å²) < 4.78 is 24.3. The van der Waals surface area contributed by atoms with Crippen LogP contribution in [-0.4, -0.2) is 13.5 Å². The molecule has 8 rings (SSSR count). The van der Waals surface area contributed by atoms with Crippen molar-refractivity contribution >= 4 is 22.1 Å². The zero-order valence-corrected chi connectivity index (χ0v) is 25.8. The lowest BCUT2D eigenvalue weighted by molar-refractivity contribution is 0.289. The van der Waals surface area contributed by atoms with Crippen molar-refractivity contribution in [3.8, 4) is 46.6 Å². The van der Waals surface area contributed by atoms with Crippen LogP contribution in [0, 0.1) is 22.7 Å². The molecular formula is C40H28N4O4. The number of benzene rings is 6. The van der Waals surface area contributed by atoms with E-state index in [2.05, 4.69) is 21.9 Å². The Morgan fingerprint density at radius 2 is 0.917 bits per heavy atom. The van der Waals surface area contributed by atoms with Crippen LogP contribution in [0.15, 0.2) is 121 Å². The van der Waals surface area contributed by atoms with Crippen molar-refractivity contribution in [3.05, 3.63) is 144 Å². The number of nitrogens with zero attached hydrogens (tertiary/aromatic N) is 4. The van der Waals surface area contributed by atoms with E-state index in [1.807, 2.05) is 109 Å². The van der Waals surface area contributed by atoms with E-state index < -0.39 is 0 Å². The van der Waals surface area contributed by atoms with Crippen LogP contribution < -0.4 is 28.7 Å². The Morgan fingerprint density at radius 1 is 0.479 bits per heavy atom. The number of nitriles is 2. The Kier molecular flexibility index (Phi) is 7.37. The topological polar surface area (TPSA) is 91.0 Å². The van der Waals surface area contributed by atoms with Crippen LogP contribution in [0.5, 0.6) is 34.5 Å². The zero-order chi connectivity index (χ0) is 32.5. The van der Waals surface area contributed by atoms with E-state index >= 15 is 0 Å². The van der Waals surface area contributed by atoms with Crippen molar-refractivity contribution in [2.75, 3.05) is 23.3 Å². The van der Waals surface area contributed by atoms with E-state index in [4.69, 9.17) is 18.9 Å². The first-order valence-electron chi connectivity index (χ1n) is 15.5. The van der Waals surface area contributed by atoms with Crippen LogP contribution in [0.3, 0.4) is 0 Å². The summed E-state index contributed by atoms with van der Waals surface area (Å²) in [5.74, 6) is 4.54. The van der Waals surface area contributed by atoms with Gasteiger partial charge in [-0.2, -0.15) is 10.5 Å². The highest BCUT2D eigenvalue weighted by atomic mass is 16.5. The third-order valence-electron chi connectivity index (χ3n) is 8.51. The lowest BCUT2D eigenvalue weighted by Crippen LogP contribution is -2.31. The Labute approximate surface area is 277 Å². The van der Waals surface area contributed by atoms with Gasteiger partial charge in [-0.25, -0.2) is 0 Å². The van der Waals surface area contributed by atoms with Gasteiger partial charge in [0.2, 0.25) is 0 Å². The molecule has 0 bridgehead atoms. The largest absolute Gasteiger partial charge is 0.473 e. The smallest absolute Gasteiger partial charge is 0.161 e. The van der Waals surface area contributed by atoms with Crippen LogP contribution in [0.4, 0.5) is 11.4 Å². The summed E-state index contributed by atoms with van der Waals surface area (Å²) in [5, 5.41) is 20.6. The number of hydrogen-bond acceptors (Lipinski definition) is 8. The van der Waals surface area contributed by atoms with Gasteiger partial charge in [-0.3, -0.25) is 0 Å². The first-order chi connectivity index (χ1) is 23.6. The highest BCUT2D eigenvalue weighted by Gasteiger charge is 2.20. The van der Waals surface area contributed by atoms with Gasteiger partial charge in [-0.1, -0.05) is 12.1 Å². The molecule has 0 aliphatic carbocycles. The fourth-order valence-corrected chi connectivity index (χ4v) is 6.01. The molecule has 8 heteroatoms. The van der Waals surface area contributed by atoms with Gasteiger partial charge >= 0.3 is 0 Å². The molecule has 2 aliphatic rings. The number of anilines is 2. The van der Waals surface area contributed by atoms with Crippen molar-refractivity contribution in [1.29, 1.82) is 10.5 Å². The monoisotopic (exact) mass is 628 g/mol. The number of rotatable bonds is 6. The van der Waals surface area contributed by atoms with Gasteiger partial charge in [0.1, 0.15) is 34.5 Å². The summed E-state index contributed by atoms with van der Waals surface area (Å²) in [6.07, 6.45) is 0. The van der Waals surface area contributed by atoms with E-state index in [0.29, 0.717) is 37.7 Å². The Bertz CT molecular complexity index is 2080. The molecule has 0 saturated heterocycles. The van der Waals surface area contributed by atoms with E-state index in [0.717, 1.165) is 67.8 Å². The predicted octanol–water partition coefficient (Wildman–Crippen LogP) is 8.88. The van der Waals surface area contributed by atoms with Crippen molar-refractivity contribution in [1.82, 2.24) is 0 Å². The maximum atomic E-state index is 9.25. The molecule has 0 spiro atoms. The molecule has 0 radical (unpaired) electrons. The van der Waals surface area contributed by atoms with Gasteiger partial charge in [-0.15, -0.1) is 0 Å². The molecule has 48 heavy (non-hydrogen) atoms. The summed E-state index contributed by atoms with van der Waals surface area (Å²) in [5.41, 5.74) is 5.25. The van der Waals surface area contributed by atoms with Crippen LogP contribution in [0.25, 0.3) is 10.8 Å². The SMILES string of the molecule is N#Cc1ccc2c(c1)CN(c1ccc(Oc3ccc4ccc(Oc5ccc(N6COc7ccc(C#N)cc7C6)cc5)cc4c3)cc1)CO2. The minimum Gasteiger partial charge on any atom is -0.473 e. The normalized spacial score (nSPS) is 13.3. The first kappa shape index (κ1) is 28.8. The van der Waals surface area contributed by atoms with Crippen LogP contribution in [0.2, 0.25) is 0 Å². The van der Waals surface area contributed by atoms with Gasteiger partial charge in [0, 0.05) is 35.6 Å². The molecule has 8 nitrogen and oxygen atoms in total. The third-order valence-corrected chi connectivity index (χ3v) is 8.51. The molecule has 0 saturated carbocycles. The Morgan fingerprint density at radius 3 is 1.35 bits per heavy atom. The van der Waals surface area contributed by atoms with E-state index in [-0.39, 0.29) is 0 Å². The Balaban J connectivity index is 0.921. The second-order valence-corrected chi connectivity index (χ2v) is 11.7. The molecule has 6 aromatic carbocycles. The molecule has 0 atom stereocenters. The van der Waals surface area contributed by atoms with Crippen molar-refractivity contribution < 1.29 is 18.9 Å². The molecule has 0 aromatic heterocycles. The van der Waals surface area contributed by atoms with Gasteiger partial charge in [0.05, 0.1) is 23.3 Å². The highest BCUT2D eigenvalue weighted by molar-refractivity contribution is 5.85. The van der Waals surface area contributed by atoms with Gasteiger partial charge in [0.15, 0.2) is 13.5 Å². The molecule has 0 amide bonds. The quantitative estimate of drug-likeness (QED) is 0.181. The van der Waals surface area contributed by atoms with Gasteiger partial charge in [0.25, 0.3) is 0 Å². The van der Waals surface area contributed by atoms with E-state index in [9.17, 15) is 10.5 Å². The fraction of sp³-hybridized carbons (Fsp3) is 0.100. The number of ether oxygens (including phenoxy) is 4. The summed E-state index contributed by atoms with van der Waals surface area (Å²) in [7, 11) is 0. The van der Waals surface area contributed by atoms with E-state index in [1.54, 1.807) is 12.1 Å². The molecule has 0 N–H and O–H groups in total. The van der Waals surface area contributed by atoms with Gasteiger partial charge in [-0.05, 0) is 120 Å². The van der Waals surface area contributed by atoms with E-state index in [1.165, 1.54) is 0 Å². The maximum absolute atomic E-state index is 9.25. The minimum absolute atomic E-state index is 0.436. The molecule has 2 heterocycles. The highest BCUT2D eigenvalue weighted by Crippen LogP contribution is 2.34. The zero-order valence-electron chi connectivity index (χ0n) is 25.8. The summed E-state index contributed by atoms with van der Waals surface area (Å²) in [4.78, 5) is 4.23. The van der Waals surface area contributed by atoms with Crippen molar-refractivity contribution in [2.45, 2.75) is 13.1 Å². The third kappa shape index (κ3) is 5.87.